The third-order valence-electron chi connectivity index (χ3n) is 3.03. The molecule has 0 aliphatic rings. The van der Waals surface area contributed by atoms with E-state index in [1.54, 1.807) is 6.07 Å². The Balaban J connectivity index is 2.32. The molecular formula is C14H17N3O2. The lowest BCUT2D eigenvalue weighted by Crippen LogP contribution is -2.37. The lowest BCUT2D eigenvalue weighted by atomic mass is 10.1. The normalized spacial score (nSPS) is 12.3. The third kappa shape index (κ3) is 2.82. The van der Waals surface area contributed by atoms with Crippen LogP contribution in [0.4, 0.5) is 5.69 Å². The van der Waals surface area contributed by atoms with E-state index in [1.165, 1.54) is 0 Å². The fourth-order valence-electron chi connectivity index (χ4n) is 1.85. The molecule has 100 valence electrons. The lowest BCUT2D eigenvalue weighted by Gasteiger charge is -2.14. The van der Waals surface area contributed by atoms with Gasteiger partial charge in [0.25, 0.3) is 5.91 Å². The number of carbonyl (C=O) groups excluding carboxylic acids is 1. The fraction of sp³-hybridized carbons (Fsp3) is 0.286. The summed E-state index contributed by atoms with van der Waals surface area (Å²) in [5.74, 6) is -0.321. The minimum Gasteiger partial charge on any atom is -0.398 e. The number of aliphatic hydroxyl groups is 1. The second-order valence-corrected chi connectivity index (χ2v) is 4.38. The molecule has 0 saturated heterocycles. The molecule has 0 saturated carbocycles. The van der Waals surface area contributed by atoms with Crippen molar-refractivity contribution in [3.63, 3.8) is 0 Å². The van der Waals surface area contributed by atoms with Gasteiger partial charge in [0.15, 0.2) is 0 Å². The molecule has 19 heavy (non-hydrogen) atoms. The lowest BCUT2D eigenvalue weighted by molar-refractivity contribution is 0.0910. The van der Waals surface area contributed by atoms with Crippen molar-refractivity contribution in [2.24, 2.45) is 0 Å². The molecule has 1 aromatic carbocycles. The number of benzene rings is 1. The van der Waals surface area contributed by atoms with Gasteiger partial charge in [-0.3, -0.25) is 4.79 Å². The Morgan fingerprint density at radius 3 is 2.89 bits per heavy atom. The van der Waals surface area contributed by atoms with Crippen LogP contribution in [0.2, 0.25) is 0 Å². The average Bonchev–Trinajstić information content (AvgIpc) is 2.44. The summed E-state index contributed by atoms with van der Waals surface area (Å²) in [5.41, 5.74) is 7.39. The second-order valence-electron chi connectivity index (χ2n) is 4.38. The van der Waals surface area contributed by atoms with Crippen molar-refractivity contribution in [2.75, 3.05) is 12.3 Å². The van der Waals surface area contributed by atoms with E-state index in [1.807, 2.05) is 31.2 Å². The first-order chi connectivity index (χ1) is 9.15. The van der Waals surface area contributed by atoms with E-state index in [0.717, 1.165) is 5.39 Å². The Kier molecular flexibility index (Phi) is 3.97. The zero-order valence-electron chi connectivity index (χ0n) is 10.8. The van der Waals surface area contributed by atoms with Gasteiger partial charge in [0.2, 0.25) is 0 Å². The van der Waals surface area contributed by atoms with Gasteiger partial charge in [-0.25, -0.2) is 4.98 Å². The summed E-state index contributed by atoms with van der Waals surface area (Å²) in [6, 6.07) is 8.69. The molecule has 2 rings (SSSR count). The van der Waals surface area contributed by atoms with E-state index in [4.69, 9.17) is 10.8 Å². The molecule has 0 unspecified atom stereocenters. The van der Waals surface area contributed by atoms with Gasteiger partial charge in [-0.05, 0) is 18.6 Å². The van der Waals surface area contributed by atoms with Gasteiger partial charge in [0.05, 0.1) is 18.2 Å². The zero-order chi connectivity index (χ0) is 13.8. The number of hydrogen-bond acceptors (Lipinski definition) is 4. The predicted octanol–water partition coefficient (Wildman–Crippen LogP) is 1.32. The summed E-state index contributed by atoms with van der Waals surface area (Å²) in [4.78, 5) is 16.3. The van der Waals surface area contributed by atoms with Crippen molar-refractivity contribution in [1.29, 1.82) is 0 Å². The Hall–Kier alpha value is -2.14. The molecule has 2 aromatic rings. The number of nitrogens with one attached hydrogen (secondary N) is 1. The van der Waals surface area contributed by atoms with Crippen LogP contribution in [0.25, 0.3) is 10.9 Å². The number of pyridine rings is 1. The Morgan fingerprint density at radius 1 is 1.47 bits per heavy atom. The maximum atomic E-state index is 12.0. The molecule has 5 nitrogen and oxygen atoms in total. The van der Waals surface area contributed by atoms with Crippen molar-refractivity contribution >= 4 is 22.5 Å². The van der Waals surface area contributed by atoms with Gasteiger partial charge >= 0.3 is 0 Å². The quantitative estimate of drug-likeness (QED) is 0.772. The minimum atomic E-state index is -0.321. The van der Waals surface area contributed by atoms with E-state index < -0.39 is 0 Å². The number of nitrogens with two attached hydrogens (primary N) is 1. The van der Waals surface area contributed by atoms with Crippen molar-refractivity contribution in [2.45, 2.75) is 19.4 Å². The van der Waals surface area contributed by atoms with Crippen LogP contribution in [-0.2, 0) is 0 Å². The van der Waals surface area contributed by atoms with E-state index >= 15 is 0 Å². The van der Waals surface area contributed by atoms with E-state index in [-0.39, 0.29) is 24.2 Å². The number of para-hydroxylation sites is 1. The van der Waals surface area contributed by atoms with E-state index in [9.17, 15) is 4.79 Å². The predicted molar refractivity (Wildman–Crippen MR) is 74.8 cm³/mol. The van der Waals surface area contributed by atoms with Crippen LogP contribution in [0.3, 0.4) is 0 Å². The molecule has 0 spiro atoms. The van der Waals surface area contributed by atoms with Gasteiger partial charge in [-0.15, -0.1) is 0 Å². The largest absolute Gasteiger partial charge is 0.398 e. The molecule has 1 amide bonds. The van der Waals surface area contributed by atoms with Crippen LogP contribution in [0.1, 0.15) is 23.8 Å². The summed E-state index contributed by atoms with van der Waals surface area (Å²) in [5, 5.41) is 12.6. The molecule has 0 bridgehead atoms. The number of amides is 1. The smallest absolute Gasteiger partial charge is 0.270 e. The summed E-state index contributed by atoms with van der Waals surface area (Å²) in [6.45, 7) is 1.80. The molecule has 5 heteroatoms. The first-order valence-electron chi connectivity index (χ1n) is 6.22. The van der Waals surface area contributed by atoms with Crippen LogP contribution in [0, 0.1) is 0 Å². The van der Waals surface area contributed by atoms with Crippen molar-refractivity contribution in [3.8, 4) is 0 Å². The summed E-state index contributed by atoms with van der Waals surface area (Å²) in [7, 11) is 0. The number of aliphatic hydroxyl groups excluding tert-OH is 1. The van der Waals surface area contributed by atoms with E-state index in [0.29, 0.717) is 17.6 Å². The molecule has 0 radical (unpaired) electrons. The first-order valence-corrected chi connectivity index (χ1v) is 6.22. The molecule has 4 N–H and O–H groups in total. The number of nitrogens with zero attached hydrogens (tertiary/aromatic N) is 1. The fourth-order valence-corrected chi connectivity index (χ4v) is 1.85. The van der Waals surface area contributed by atoms with Gasteiger partial charge in [-0.2, -0.15) is 0 Å². The molecule has 1 aromatic heterocycles. The first kappa shape index (κ1) is 13.3. The maximum Gasteiger partial charge on any atom is 0.270 e. The molecule has 0 aliphatic carbocycles. The Morgan fingerprint density at radius 2 is 2.21 bits per heavy atom. The van der Waals surface area contributed by atoms with Crippen LogP contribution in [0.15, 0.2) is 30.3 Å². The van der Waals surface area contributed by atoms with Crippen LogP contribution in [-0.4, -0.2) is 28.6 Å². The monoisotopic (exact) mass is 259 g/mol. The molecule has 1 heterocycles. The average molecular weight is 259 g/mol. The van der Waals surface area contributed by atoms with Crippen molar-refractivity contribution in [1.82, 2.24) is 10.3 Å². The van der Waals surface area contributed by atoms with Gasteiger partial charge in [0, 0.05) is 11.1 Å². The number of hydrogen-bond donors (Lipinski definition) is 3. The number of nitrogen functional groups attached to an aromatic ring is 1. The van der Waals surface area contributed by atoms with Crippen LogP contribution in [0.5, 0.6) is 0 Å². The molecule has 0 aliphatic heterocycles. The van der Waals surface area contributed by atoms with Crippen LogP contribution < -0.4 is 11.1 Å². The topological polar surface area (TPSA) is 88.2 Å². The number of rotatable bonds is 4. The molecular weight excluding hydrogens is 242 g/mol. The zero-order valence-corrected chi connectivity index (χ0v) is 10.8. The van der Waals surface area contributed by atoms with Crippen LogP contribution >= 0.6 is 0 Å². The minimum absolute atomic E-state index is 0.0920. The summed E-state index contributed by atoms with van der Waals surface area (Å²) < 4.78 is 0. The summed E-state index contributed by atoms with van der Waals surface area (Å²) in [6.07, 6.45) is 0.658. The van der Waals surface area contributed by atoms with Gasteiger partial charge < -0.3 is 16.2 Å². The maximum absolute atomic E-state index is 12.0. The number of fused-ring (bicyclic) bond motifs is 1. The number of aromatic nitrogens is 1. The SMILES string of the molecule is CC[C@H](CO)NC(=O)c1cc(N)c2ccccc2n1. The van der Waals surface area contributed by atoms with Gasteiger partial charge in [0.1, 0.15) is 5.69 Å². The molecule has 1 atom stereocenters. The van der Waals surface area contributed by atoms with Gasteiger partial charge in [-0.1, -0.05) is 25.1 Å². The second kappa shape index (κ2) is 5.67. The highest BCUT2D eigenvalue weighted by Crippen LogP contribution is 2.20. The highest BCUT2D eigenvalue weighted by Gasteiger charge is 2.14. The Bertz CT molecular complexity index is 594. The summed E-state index contributed by atoms with van der Waals surface area (Å²) >= 11 is 0. The Labute approximate surface area is 111 Å². The standard InChI is InChI=1S/C14H17N3O2/c1-2-9(8-18)16-14(19)13-7-11(15)10-5-3-4-6-12(10)17-13/h3-7,9,18H,2,8H2,1H3,(H2,15,17)(H,16,19)/t9-/m1/s1. The molecule has 0 fully saturated rings. The number of carbonyl (C=O) groups is 1. The van der Waals surface area contributed by atoms with Crippen molar-refractivity contribution < 1.29 is 9.90 Å². The highest BCUT2D eigenvalue weighted by atomic mass is 16.3. The highest BCUT2D eigenvalue weighted by molar-refractivity contribution is 5.99. The van der Waals surface area contributed by atoms with E-state index in [2.05, 4.69) is 10.3 Å². The number of anilines is 1. The van der Waals surface area contributed by atoms with Crippen molar-refractivity contribution in [3.05, 3.63) is 36.0 Å². The third-order valence-corrected chi connectivity index (χ3v) is 3.03.